The highest BCUT2D eigenvalue weighted by Crippen LogP contribution is 2.29. The topological polar surface area (TPSA) is 38.7 Å². The van der Waals surface area contributed by atoms with E-state index in [1.807, 2.05) is 25.1 Å². The molecule has 0 aliphatic heterocycles. The molecule has 0 bridgehead atoms. The molecule has 0 aliphatic carbocycles. The van der Waals surface area contributed by atoms with Crippen molar-refractivity contribution in [1.82, 2.24) is 0 Å². The van der Waals surface area contributed by atoms with Gasteiger partial charge in [-0.05, 0) is 26.1 Å². The number of hydrogen-bond acceptors (Lipinski definition) is 3. The van der Waals surface area contributed by atoms with Crippen molar-refractivity contribution in [2.75, 3.05) is 7.11 Å². The summed E-state index contributed by atoms with van der Waals surface area (Å²) in [5, 5.41) is 0. The maximum Gasteiger partial charge on any atom is 0.338 e. The molecule has 0 unspecified atom stereocenters. The van der Waals surface area contributed by atoms with Crippen molar-refractivity contribution >= 4 is 23.9 Å². The summed E-state index contributed by atoms with van der Waals surface area (Å²) >= 11 is 0. The monoisotopic (exact) mass is 217 g/mol. The molecule has 1 aromatic rings. The van der Waals surface area contributed by atoms with E-state index >= 15 is 0 Å². The fraction of sp³-hybridized carbons (Fsp3) is 0.231. The standard InChI is InChI=1S/C13H15NO2/c1-5-10(13(15)16-4)11-8-6-7-9(2)12(11)14-3/h5-8H,3H2,1-2,4H3/b10-5+. The molecule has 0 atom stereocenters. The Kier molecular flexibility index (Phi) is 4.00. The lowest BCUT2D eigenvalue weighted by Crippen LogP contribution is -2.04. The molecule has 84 valence electrons. The molecule has 0 aliphatic rings. The van der Waals surface area contributed by atoms with Gasteiger partial charge in [-0.2, -0.15) is 0 Å². The van der Waals surface area contributed by atoms with Crippen molar-refractivity contribution < 1.29 is 9.53 Å². The fourth-order valence-corrected chi connectivity index (χ4v) is 1.58. The first-order valence-corrected chi connectivity index (χ1v) is 4.97. The van der Waals surface area contributed by atoms with Crippen LogP contribution in [0.5, 0.6) is 0 Å². The first-order valence-electron chi connectivity index (χ1n) is 4.97. The molecular weight excluding hydrogens is 202 g/mol. The molecule has 0 N–H and O–H groups in total. The molecular formula is C13H15NO2. The Balaban J connectivity index is 3.37. The van der Waals surface area contributed by atoms with Crippen LogP contribution >= 0.6 is 0 Å². The molecule has 0 amide bonds. The van der Waals surface area contributed by atoms with E-state index in [2.05, 4.69) is 11.7 Å². The van der Waals surface area contributed by atoms with Crippen LogP contribution in [0.1, 0.15) is 18.1 Å². The van der Waals surface area contributed by atoms with Gasteiger partial charge in [-0.3, -0.25) is 4.99 Å². The summed E-state index contributed by atoms with van der Waals surface area (Å²) in [6.07, 6.45) is 1.72. The third kappa shape index (κ3) is 2.19. The molecule has 0 radical (unpaired) electrons. The van der Waals surface area contributed by atoms with Crippen LogP contribution in [-0.4, -0.2) is 19.8 Å². The van der Waals surface area contributed by atoms with Crippen molar-refractivity contribution in [3.8, 4) is 0 Å². The van der Waals surface area contributed by atoms with Gasteiger partial charge in [-0.1, -0.05) is 24.3 Å². The zero-order valence-electron chi connectivity index (χ0n) is 9.78. The van der Waals surface area contributed by atoms with Crippen LogP contribution in [0.2, 0.25) is 0 Å². The predicted octanol–water partition coefficient (Wildman–Crippen LogP) is 2.90. The Morgan fingerprint density at radius 2 is 2.19 bits per heavy atom. The molecule has 0 fully saturated rings. The lowest BCUT2D eigenvalue weighted by Gasteiger charge is -2.10. The number of benzene rings is 1. The second-order valence-electron chi connectivity index (χ2n) is 3.32. The summed E-state index contributed by atoms with van der Waals surface area (Å²) in [7, 11) is 1.36. The molecule has 0 saturated carbocycles. The molecule has 1 rings (SSSR count). The highest BCUT2D eigenvalue weighted by molar-refractivity contribution is 6.18. The van der Waals surface area contributed by atoms with Crippen LogP contribution in [0, 0.1) is 6.92 Å². The fourth-order valence-electron chi connectivity index (χ4n) is 1.58. The summed E-state index contributed by atoms with van der Waals surface area (Å²) in [6.45, 7) is 7.25. The summed E-state index contributed by atoms with van der Waals surface area (Å²) in [4.78, 5) is 15.5. The van der Waals surface area contributed by atoms with Crippen molar-refractivity contribution in [2.45, 2.75) is 13.8 Å². The van der Waals surface area contributed by atoms with Gasteiger partial charge in [0.15, 0.2) is 0 Å². The van der Waals surface area contributed by atoms with Crippen LogP contribution in [0.15, 0.2) is 29.3 Å². The van der Waals surface area contributed by atoms with E-state index in [0.717, 1.165) is 16.8 Å². The van der Waals surface area contributed by atoms with Gasteiger partial charge in [0.05, 0.1) is 18.4 Å². The number of para-hydroxylation sites is 1. The molecule has 0 saturated heterocycles. The van der Waals surface area contributed by atoms with Crippen LogP contribution in [0.4, 0.5) is 5.69 Å². The number of rotatable bonds is 3. The number of esters is 1. The van der Waals surface area contributed by atoms with E-state index in [0.29, 0.717) is 5.57 Å². The zero-order valence-corrected chi connectivity index (χ0v) is 9.78. The number of carbonyl (C=O) groups excluding carboxylic acids is 1. The van der Waals surface area contributed by atoms with Crippen molar-refractivity contribution in [3.05, 3.63) is 35.4 Å². The first-order chi connectivity index (χ1) is 7.65. The van der Waals surface area contributed by atoms with Gasteiger partial charge in [0.25, 0.3) is 0 Å². The van der Waals surface area contributed by atoms with Crippen LogP contribution in [0.25, 0.3) is 5.57 Å². The Morgan fingerprint density at radius 1 is 1.50 bits per heavy atom. The van der Waals surface area contributed by atoms with Gasteiger partial charge in [0.2, 0.25) is 0 Å². The van der Waals surface area contributed by atoms with E-state index in [9.17, 15) is 4.79 Å². The van der Waals surface area contributed by atoms with E-state index in [1.165, 1.54) is 7.11 Å². The van der Waals surface area contributed by atoms with Crippen molar-refractivity contribution in [1.29, 1.82) is 0 Å². The van der Waals surface area contributed by atoms with Gasteiger partial charge < -0.3 is 4.74 Å². The van der Waals surface area contributed by atoms with Crippen LogP contribution in [0.3, 0.4) is 0 Å². The number of aryl methyl sites for hydroxylation is 1. The molecule has 0 heterocycles. The summed E-state index contributed by atoms with van der Waals surface area (Å²) in [6, 6.07) is 5.65. The maximum atomic E-state index is 11.6. The number of methoxy groups -OCH3 is 1. The second-order valence-corrected chi connectivity index (χ2v) is 3.32. The third-order valence-corrected chi connectivity index (χ3v) is 2.38. The van der Waals surface area contributed by atoms with Gasteiger partial charge in [0.1, 0.15) is 0 Å². The minimum Gasteiger partial charge on any atom is -0.465 e. The number of ether oxygens (including phenoxy) is 1. The van der Waals surface area contributed by atoms with Crippen LogP contribution in [-0.2, 0) is 9.53 Å². The van der Waals surface area contributed by atoms with E-state index in [4.69, 9.17) is 4.74 Å². The number of allylic oxidation sites excluding steroid dienone is 1. The summed E-state index contributed by atoms with van der Waals surface area (Å²) in [5.41, 5.74) is 2.97. The minimum absolute atomic E-state index is 0.363. The lowest BCUT2D eigenvalue weighted by atomic mass is 10.0. The van der Waals surface area contributed by atoms with Gasteiger partial charge >= 0.3 is 5.97 Å². The second kappa shape index (κ2) is 5.26. The molecule has 0 aromatic heterocycles. The normalized spacial score (nSPS) is 11.1. The Hall–Kier alpha value is -1.90. The van der Waals surface area contributed by atoms with Crippen molar-refractivity contribution in [3.63, 3.8) is 0 Å². The lowest BCUT2D eigenvalue weighted by molar-refractivity contribution is -0.133. The highest BCUT2D eigenvalue weighted by atomic mass is 16.5. The number of nitrogens with zero attached hydrogens (tertiary/aromatic N) is 1. The van der Waals surface area contributed by atoms with Gasteiger partial charge in [-0.15, -0.1) is 0 Å². The predicted molar refractivity (Wildman–Crippen MR) is 66.1 cm³/mol. The summed E-state index contributed by atoms with van der Waals surface area (Å²) < 4.78 is 4.73. The smallest absolute Gasteiger partial charge is 0.338 e. The highest BCUT2D eigenvalue weighted by Gasteiger charge is 2.15. The average molecular weight is 217 g/mol. The number of aliphatic imine (C=N–C) groups is 1. The first kappa shape index (κ1) is 12.2. The Morgan fingerprint density at radius 3 is 2.69 bits per heavy atom. The van der Waals surface area contributed by atoms with Crippen LogP contribution < -0.4 is 0 Å². The molecule has 16 heavy (non-hydrogen) atoms. The molecule has 1 aromatic carbocycles. The number of carbonyl (C=O) groups is 1. The van der Waals surface area contributed by atoms with Gasteiger partial charge in [-0.25, -0.2) is 4.79 Å². The quantitative estimate of drug-likeness (QED) is 0.443. The molecule has 3 nitrogen and oxygen atoms in total. The van der Waals surface area contributed by atoms with E-state index in [-0.39, 0.29) is 5.97 Å². The largest absolute Gasteiger partial charge is 0.465 e. The average Bonchev–Trinajstić information content (AvgIpc) is 2.30. The Labute approximate surface area is 95.5 Å². The minimum atomic E-state index is -0.363. The molecule has 3 heteroatoms. The van der Waals surface area contributed by atoms with E-state index in [1.54, 1.807) is 13.0 Å². The van der Waals surface area contributed by atoms with Gasteiger partial charge in [0, 0.05) is 5.56 Å². The van der Waals surface area contributed by atoms with E-state index < -0.39 is 0 Å². The third-order valence-electron chi connectivity index (χ3n) is 2.38. The SMILES string of the molecule is C=Nc1c(C)cccc1/C(=C\C)C(=O)OC. The molecule has 0 spiro atoms. The summed E-state index contributed by atoms with van der Waals surface area (Å²) in [5.74, 6) is -0.363. The number of hydrogen-bond donors (Lipinski definition) is 0. The zero-order chi connectivity index (χ0) is 12.1. The Bertz CT molecular complexity index is 447. The maximum absolute atomic E-state index is 11.6. The van der Waals surface area contributed by atoms with Crippen molar-refractivity contribution in [2.24, 2.45) is 4.99 Å².